The summed E-state index contributed by atoms with van der Waals surface area (Å²) in [5, 5.41) is 2.58. The van der Waals surface area contributed by atoms with E-state index in [2.05, 4.69) is 5.32 Å². The second-order valence-electron chi connectivity index (χ2n) is 4.11. The number of hydrogen-bond acceptors (Lipinski definition) is 3. The quantitative estimate of drug-likeness (QED) is 0.662. The normalized spacial score (nSPS) is 11.2. The van der Waals surface area contributed by atoms with E-state index in [1.165, 1.54) is 24.3 Å². The number of nitrogens with two attached hydrogens (primary N) is 1. The van der Waals surface area contributed by atoms with Crippen molar-refractivity contribution in [3.63, 3.8) is 0 Å². The Hall–Kier alpha value is -2.15. The van der Waals surface area contributed by atoms with Gasteiger partial charge in [-0.25, -0.2) is 0 Å². The average Bonchev–Trinajstić information content (AvgIpc) is 2.40. The largest absolute Gasteiger partial charge is 0.446 e. The van der Waals surface area contributed by atoms with Crippen LogP contribution in [0.1, 0.15) is 10.4 Å². The fourth-order valence-corrected chi connectivity index (χ4v) is 2.18. The third-order valence-corrected chi connectivity index (χ3v) is 3.29. The van der Waals surface area contributed by atoms with Crippen molar-refractivity contribution in [1.29, 1.82) is 0 Å². The smallest absolute Gasteiger partial charge is 0.398 e. The lowest BCUT2D eigenvalue weighted by molar-refractivity contribution is -0.0328. The molecule has 2 aromatic carbocycles. The summed E-state index contributed by atoms with van der Waals surface area (Å²) in [6.45, 7) is 0. The maximum atomic E-state index is 12.2. The van der Waals surface area contributed by atoms with Crippen molar-refractivity contribution in [3.05, 3.63) is 54.1 Å². The molecule has 0 heterocycles. The number of nitrogens with one attached hydrogen (secondary N) is 1. The molecule has 0 aliphatic heterocycles. The molecule has 0 bridgehead atoms. The zero-order valence-electron chi connectivity index (χ0n) is 10.6. The molecule has 0 aliphatic rings. The monoisotopic (exact) mass is 312 g/mol. The Morgan fingerprint density at radius 1 is 1.05 bits per heavy atom. The van der Waals surface area contributed by atoms with Crippen LogP contribution < -0.4 is 11.1 Å². The maximum absolute atomic E-state index is 12.2. The Labute approximate surface area is 123 Å². The van der Waals surface area contributed by atoms with Crippen molar-refractivity contribution < 1.29 is 18.0 Å². The number of amides is 1. The summed E-state index contributed by atoms with van der Waals surface area (Å²) in [6.07, 6.45) is 0. The van der Waals surface area contributed by atoms with Crippen LogP contribution in [0.15, 0.2) is 53.4 Å². The lowest BCUT2D eigenvalue weighted by atomic mass is 10.1. The summed E-state index contributed by atoms with van der Waals surface area (Å²) >= 11 is -0.206. The van der Waals surface area contributed by atoms with E-state index in [-0.39, 0.29) is 16.7 Å². The molecule has 2 aromatic rings. The Morgan fingerprint density at radius 2 is 1.67 bits per heavy atom. The number of halogens is 3. The number of carbonyl (C=O) groups is 1. The van der Waals surface area contributed by atoms with Gasteiger partial charge >= 0.3 is 5.51 Å². The van der Waals surface area contributed by atoms with E-state index in [0.717, 1.165) is 0 Å². The van der Waals surface area contributed by atoms with Crippen LogP contribution in [-0.2, 0) is 0 Å². The number of para-hydroxylation sites is 1. The summed E-state index contributed by atoms with van der Waals surface area (Å²) in [4.78, 5) is 12.0. The summed E-state index contributed by atoms with van der Waals surface area (Å²) < 4.78 is 36.6. The molecule has 0 atom stereocenters. The van der Waals surface area contributed by atoms with Gasteiger partial charge in [-0.3, -0.25) is 4.79 Å². The number of carbonyl (C=O) groups excluding carboxylic acids is 1. The second kappa shape index (κ2) is 6.09. The van der Waals surface area contributed by atoms with Crippen molar-refractivity contribution in [2.75, 3.05) is 11.1 Å². The molecule has 0 saturated heterocycles. The van der Waals surface area contributed by atoms with Crippen LogP contribution in [0.25, 0.3) is 0 Å². The zero-order valence-corrected chi connectivity index (χ0v) is 11.5. The van der Waals surface area contributed by atoms with Crippen molar-refractivity contribution in [3.8, 4) is 0 Å². The van der Waals surface area contributed by atoms with Crippen LogP contribution in [0.3, 0.4) is 0 Å². The molecule has 0 fully saturated rings. The molecule has 1 amide bonds. The molecular formula is C14H11F3N2OS. The summed E-state index contributed by atoms with van der Waals surface area (Å²) in [5.74, 6) is -0.413. The molecule has 2 rings (SSSR count). The van der Waals surface area contributed by atoms with Gasteiger partial charge in [-0.1, -0.05) is 12.1 Å². The number of rotatable bonds is 3. The maximum Gasteiger partial charge on any atom is 0.446 e. The fraction of sp³-hybridized carbons (Fsp3) is 0.0714. The number of nitrogen functional groups attached to an aromatic ring is 1. The Kier molecular flexibility index (Phi) is 4.42. The van der Waals surface area contributed by atoms with E-state index in [1.807, 2.05) is 0 Å². The molecule has 0 radical (unpaired) electrons. The lowest BCUT2D eigenvalue weighted by Crippen LogP contribution is -2.13. The van der Waals surface area contributed by atoms with E-state index in [0.29, 0.717) is 16.9 Å². The van der Waals surface area contributed by atoms with Gasteiger partial charge in [0.15, 0.2) is 0 Å². The highest BCUT2D eigenvalue weighted by Crippen LogP contribution is 2.37. The van der Waals surface area contributed by atoms with Gasteiger partial charge in [0.2, 0.25) is 0 Å². The van der Waals surface area contributed by atoms with E-state index >= 15 is 0 Å². The van der Waals surface area contributed by atoms with Crippen molar-refractivity contribution >= 4 is 29.0 Å². The highest BCUT2D eigenvalue weighted by Gasteiger charge is 2.29. The van der Waals surface area contributed by atoms with Gasteiger partial charge in [0, 0.05) is 16.3 Å². The minimum atomic E-state index is -4.33. The molecule has 0 saturated carbocycles. The van der Waals surface area contributed by atoms with Crippen LogP contribution >= 0.6 is 11.8 Å². The summed E-state index contributed by atoms with van der Waals surface area (Å²) in [7, 11) is 0. The standard InChI is InChI=1S/C14H11F3N2OS/c15-14(16,17)21-10-7-5-9(6-8-10)19-13(20)11-3-1-2-4-12(11)18/h1-8H,18H2,(H,19,20). The molecule has 0 aliphatic carbocycles. The lowest BCUT2D eigenvalue weighted by Gasteiger charge is -2.09. The Balaban J connectivity index is 2.07. The Bertz CT molecular complexity index is 641. The Morgan fingerprint density at radius 3 is 2.24 bits per heavy atom. The molecule has 110 valence electrons. The van der Waals surface area contributed by atoms with Gasteiger partial charge in [-0.05, 0) is 48.2 Å². The summed E-state index contributed by atoms with van der Waals surface area (Å²) in [6, 6.07) is 11.9. The third-order valence-electron chi connectivity index (χ3n) is 2.55. The molecule has 3 N–H and O–H groups in total. The number of thioether (sulfide) groups is 1. The van der Waals surface area contributed by atoms with Crippen LogP contribution in [-0.4, -0.2) is 11.4 Å². The molecule has 0 unspecified atom stereocenters. The predicted octanol–water partition coefficient (Wildman–Crippen LogP) is 4.13. The third kappa shape index (κ3) is 4.42. The number of anilines is 2. The van der Waals surface area contributed by atoms with E-state index in [1.54, 1.807) is 24.3 Å². The molecule has 0 spiro atoms. The van der Waals surface area contributed by atoms with E-state index in [9.17, 15) is 18.0 Å². The second-order valence-corrected chi connectivity index (χ2v) is 5.25. The van der Waals surface area contributed by atoms with Crippen molar-refractivity contribution in [1.82, 2.24) is 0 Å². The summed E-state index contributed by atoms with van der Waals surface area (Å²) in [5.41, 5.74) is 2.39. The van der Waals surface area contributed by atoms with Crippen molar-refractivity contribution in [2.45, 2.75) is 10.4 Å². The number of benzene rings is 2. The van der Waals surface area contributed by atoms with Crippen molar-refractivity contribution in [2.24, 2.45) is 0 Å². The first-order chi connectivity index (χ1) is 9.85. The van der Waals surface area contributed by atoms with Gasteiger partial charge in [0.05, 0.1) is 5.56 Å². The van der Waals surface area contributed by atoms with E-state index < -0.39 is 11.4 Å². The first kappa shape index (κ1) is 15.2. The topological polar surface area (TPSA) is 55.1 Å². The van der Waals surface area contributed by atoms with Gasteiger partial charge in [-0.15, -0.1) is 0 Å². The predicted molar refractivity (Wildman–Crippen MR) is 77.2 cm³/mol. The number of hydrogen-bond donors (Lipinski definition) is 2. The van der Waals surface area contributed by atoms with Gasteiger partial charge in [-0.2, -0.15) is 13.2 Å². The first-order valence-corrected chi connectivity index (χ1v) is 6.68. The van der Waals surface area contributed by atoms with Gasteiger partial charge < -0.3 is 11.1 Å². The van der Waals surface area contributed by atoms with Crippen LogP contribution in [0.4, 0.5) is 24.5 Å². The fourth-order valence-electron chi connectivity index (χ4n) is 1.64. The zero-order chi connectivity index (χ0) is 15.5. The van der Waals surface area contributed by atoms with Gasteiger partial charge in [0.25, 0.3) is 5.91 Å². The molecule has 0 aromatic heterocycles. The van der Waals surface area contributed by atoms with Crippen LogP contribution in [0.5, 0.6) is 0 Å². The average molecular weight is 312 g/mol. The molecular weight excluding hydrogens is 301 g/mol. The molecule has 7 heteroatoms. The first-order valence-electron chi connectivity index (χ1n) is 5.87. The van der Waals surface area contributed by atoms with Gasteiger partial charge in [0.1, 0.15) is 0 Å². The highest BCUT2D eigenvalue weighted by atomic mass is 32.2. The highest BCUT2D eigenvalue weighted by molar-refractivity contribution is 8.00. The van der Waals surface area contributed by atoms with Crippen LogP contribution in [0.2, 0.25) is 0 Å². The number of alkyl halides is 3. The van der Waals surface area contributed by atoms with E-state index in [4.69, 9.17) is 5.73 Å². The molecule has 3 nitrogen and oxygen atoms in total. The van der Waals surface area contributed by atoms with Crippen LogP contribution in [0, 0.1) is 0 Å². The minimum absolute atomic E-state index is 0.0553. The minimum Gasteiger partial charge on any atom is -0.398 e. The molecule has 21 heavy (non-hydrogen) atoms. The SMILES string of the molecule is Nc1ccccc1C(=O)Nc1ccc(SC(F)(F)F)cc1.